The van der Waals surface area contributed by atoms with Crippen molar-refractivity contribution in [2.45, 2.75) is 24.7 Å². The number of aryl methyl sites for hydroxylation is 1. The lowest BCUT2D eigenvalue weighted by atomic mass is 10.0. The predicted molar refractivity (Wildman–Crippen MR) is 108 cm³/mol. The van der Waals surface area contributed by atoms with Gasteiger partial charge in [0.15, 0.2) is 0 Å². The molecular formula is C21H19NO2S2. The fraction of sp³-hybridized carbons (Fsp3) is 0.143. The van der Waals surface area contributed by atoms with Gasteiger partial charge in [-0.1, -0.05) is 37.6 Å². The van der Waals surface area contributed by atoms with Crippen molar-refractivity contribution in [2.24, 2.45) is 0 Å². The first kappa shape index (κ1) is 17.1. The van der Waals surface area contributed by atoms with Crippen molar-refractivity contribution in [2.75, 3.05) is 0 Å². The van der Waals surface area contributed by atoms with Gasteiger partial charge in [0.1, 0.15) is 0 Å². The van der Waals surface area contributed by atoms with E-state index in [1.807, 2.05) is 18.2 Å². The third-order valence-electron chi connectivity index (χ3n) is 4.53. The quantitative estimate of drug-likeness (QED) is 0.454. The maximum atomic E-state index is 13.1. The predicted octanol–water partition coefficient (Wildman–Crippen LogP) is 5.56. The minimum Gasteiger partial charge on any atom is -0.241 e. The van der Waals surface area contributed by atoms with Crippen LogP contribution in [0.1, 0.15) is 18.9 Å². The smallest absolute Gasteiger partial charge is 0.241 e. The lowest BCUT2D eigenvalue weighted by Crippen LogP contribution is -2.11. The Kier molecular flexibility index (Phi) is 4.42. The first-order valence-electron chi connectivity index (χ1n) is 8.58. The van der Waals surface area contributed by atoms with E-state index in [0.717, 1.165) is 40.4 Å². The van der Waals surface area contributed by atoms with Gasteiger partial charge in [-0.25, -0.2) is 12.4 Å². The second-order valence-electron chi connectivity index (χ2n) is 6.26. The zero-order valence-electron chi connectivity index (χ0n) is 14.4. The summed E-state index contributed by atoms with van der Waals surface area (Å²) < 4.78 is 27.7. The van der Waals surface area contributed by atoms with Gasteiger partial charge in [-0.15, -0.1) is 0 Å². The number of fused-ring (bicyclic) bond motifs is 1. The van der Waals surface area contributed by atoms with Crippen LogP contribution in [0.5, 0.6) is 0 Å². The fourth-order valence-corrected chi connectivity index (χ4v) is 5.33. The summed E-state index contributed by atoms with van der Waals surface area (Å²) in [5, 5.41) is 5.17. The zero-order chi connectivity index (χ0) is 18.1. The summed E-state index contributed by atoms with van der Waals surface area (Å²) in [5.41, 5.74) is 4.08. The highest BCUT2D eigenvalue weighted by Crippen LogP contribution is 2.31. The Hall–Kier alpha value is -2.37. The van der Waals surface area contributed by atoms with Crippen LogP contribution in [0.3, 0.4) is 0 Å². The molecule has 26 heavy (non-hydrogen) atoms. The number of hydrogen-bond acceptors (Lipinski definition) is 3. The fourth-order valence-electron chi connectivity index (χ4n) is 3.25. The maximum Gasteiger partial charge on any atom is 0.268 e. The number of hydrogen-bond donors (Lipinski definition) is 0. The van der Waals surface area contributed by atoms with Crippen LogP contribution in [0.2, 0.25) is 0 Å². The van der Waals surface area contributed by atoms with Crippen molar-refractivity contribution in [3.8, 4) is 11.1 Å². The largest absolute Gasteiger partial charge is 0.268 e. The molecule has 2 aromatic carbocycles. The molecule has 4 rings (SSSR count). The summed E-state index contributed by atoms with van der Waals surface area (Å²) in [7, 11) is -3.61. The van der Waals surface area contributed by atoms with Gasteiger partial charge in [-0.3, -0.25) is 0 Å². The molecule has 4 aromatic rings. The second-order valence-corrected chi connectivity index (χ2v) is 8.86. The highest BCUT2D eigenvalue weighted by Gasteiger charge is 2.21. The average Bonchev–Trinajstić information content (AvgIpc) is 3.31. The second kappa shape index (κ2) is 6.74. The van der Waals surface area contributed by atoms with Gasteiger partial charge in [-0.2, -0.15) is 11.3 Å². The first-order chi connectivity index (χ1) is 12.6. The summed E-state index contributed by atoms with van der Waals surface area (Å²) in [4.78, 5) is 0.307. The zero-order valence-corrected chi connectivity index (χ0v) is 16.1. The van der Waals surface area contributed by atoms with E-state index >= 15 is 0 Å². The van der Waals surface area contributed by atoms with Crippen LogP contribution >= 0.6 is 11.3 Å². The molecule has 3 nitrogen and oxygen atoms in total. The van der Waals surface area contributed by atoms with Crippen LogP contribution in [0.25, 0.3) is 22.0 Å². The van der Waals surface area contributed by atoms with Crippen molar-refractivity contribution >= 4 is 32.3 Å². The molecule has 132 valence electrons. The molecule has 0 atom stereocenters. The van der Waals surface area contributed by atoms with Gasteiger partial charge in [0, 0.05) is 11.6 Å². The molecule has 0 bridgehead atoms. The molecule has 0 N–H and O–H groups in total. The van der Waals surface area contributed by atoms with E-state index in [-0.39, 0.29) is 0 Å². The lowest BCUT2D eigenvalue weighted by Gasteiger charge is -2.08. The van der Waals surface area contributed by atoms with Crippen molar-refractivity contribution in [1.29, 1.82) is 0 Å². The van der Waals surface area contributed by atoms with Crippen LogP contribution in [-0.2, 0) is 16.4 Å². The van der Waals surface area contributed by atoms with Gasteiger partial charge >= 0.3 is 0 Å². The minimum atomic E-state index is -3.61. The number of aromatic nitrogens is 1. The van der Waals surface area contributed by atoms with E-state index in [1.165, 1.54) is 3.97 Å². The molecule has 2 heterocycles. The highest BCUT2D eigenvalue weighted by molar-refractivity contribution is 7.90. The molecule has 0 fully saturated rings. The first-order valence-corrected chi connectivity index (χ1v) is 11.0. The molecule has 0 aliphatic heterocycles. The maximum absolute atomic E-state index is 13.1. The molecule has 0 saturated heterocycles. The Morgan fingerprint density at radius 2 is 1.81 bits per heavy atom. The Morgan fingerprint density at radius 3 is 2.50 bits per heavy atom. The molecule has 0 saturated carbocycles. The number of thiophene rings is 1. The summed E-state index contributed by atoms with van der Waals surface area (Å²) in [6.07, 6.45) is 3.60. The third kappa shape index (κ3) is 2.87. The van der Waals surface area contributed by atoms with Crippen LogP contribution in [0, 0.1) is 0 Å². The van der Waals surface area contributed by atoms with Crippen LogP contribution in [0.4, 0.5) is 0 Å². The lowest BCUT2D eigenvalue weighted by molar-refractivity contribution is 0.589. The van der Waals surface area contributed by atoms with Crippen LogP contribution < -0.4 is 0 Å². The molecule has 2 aromatic heterocycles. The molecule has 0 aliphatic carbocycles. The molecule has 0 spiro atoms. The molecule has 0 unspecified atom stereocenters. The monoisotopic (exact) mass is 381 g/mol. The Balaban J connectivity index is 1.94. The molecule has 0 radical (unpaired) electrons. The molecule has 0 aliphatic rings. The Morgan fingerprint density at radius 1 is 1.00 bits per heavy atom. The Labute approximate surface area is 157 Å². The van der Waals surface area contributed by atoms with E-state index in [9.17, 15) is 8.42 Å². The minimum absolute atomic E-state index is 0.307. The highest BCUT2D eigenvalue weighted by atomic mass is 32.2. The van der Waals surface area contributed by atoms with Gasteiger partial charge in [0.05, 0.1) is 10.4 Å². The molecule has 0 amide bonds. The number of benzene rings is 2. The SMILES string of the molecule is CCCc1cn(S(=O)(=O)c2ccccc2)c2ccc(-c3ccsc3)cc12. The summed E-state index contributed by atoms with van der Waals surface area (Å²) in [5.74, 6) is 0. The molecular weight excluding hydrogens is 362 g/mol. The number of rotatable bonds is 5. The van der Waals surface area contributed by atoms with E-state index in [0.29, 0.717) is 4.90 Å². The van der Waals surface area contributed by atoms with Gasteiger partial charge in [0.2, 0.25) is 0 Å². The molecule has 5 heteroatoms. The van der Waals surface area contributed by atoms with E-state index in [2.05, 4.69) is 29.8 Å². The summed E-state index contributed by atoms with van der Waals surface area (Å²) in [6, 6.07) is 16.7. The standard InChI is InChI=1S/C21H19NO2S2/c1-2-6-17-14-22(26(23,24)19-7-4-3-5-8-19)21-10-9-16(13-20(17)21)18-11-12-25-15-18/h3-5,7-15H,2,6H2,1H3. The average molecular weight is 382 g/mol. The van der Waals surface area contributed by atoms with E-state index in [4.69, 9.17) is 0 Å². The van der Waals surface area contributed by atoms with Gasteiger partial charge < -0.3 is 0 Å². The summed E-state index contributed by atoms with van der Waals surface area (Å²) in [6.45, 7) is 2.11. The van der Waals surface area contributed by atoms with Crippen molar-refractivity contribution in [3.05, 3.63) is 77.1 Å². The topological polar surface area (TPSA) is 39.1 Å². The third-order valence-corrected chi connectivity index (χ3v) is 6.90. The number of nitrogens with zero attached hydrogens (tertiary/aromatic N) is 1. The van der Waals surface area contributed by atoms with E-state index in [1.54, 1.807) is 41.8 Å². The van der Waals surface area contributed by atoms with Gasteiger partial charge in [-0.05, 0) is 64.2 Å². The Bertz CT molecular complexity index is 1140. The van der Waals surface area contributed by atoms with Crippen LogP contribution in [-0.4, -0.2) is 12.4 Å². The summed E-state index contributed by atoms with van der Waals surface area (Å²) >= 11 is 1.66. The normalized spacial score (nSPS) is 11.9. The van der Waals surface area contributed by atoms with Crippen LogP contribution in [0.15, 0.2) is 76.4 Å². The van der Waals surface area contributed by atoms with Crippen molar-refractivity contribution in [1.82, 2.24) is 3.97 Å². The van der Waals surface area contributed by atoms with Crippen molar-refractivity contribution < 1.29 is 8.42 Å². The van der Waals surface area contributed by atoms with E-state index < -0.39 is 10.0 Å². The van der Waals surface area contributed by atoms with Crippen molar-refractivity contribution in [3.63, 3.8) is 0 Å². The van der Waals surface area contributed by atoms with Gasteiger partial charge in [0.25, 0.3) is 10.0 Å².